The third-order valence-corrected chi connectivity index (χ3v) is 13.8. The Morgan fingerprint density at radius 2 is 1.55 bits per heavy atom. The third kappa shape index (κ3) is 11.6. The molecule has 10 heteroatoms. The van der Waals surface area contributed by atoms with E-state index in [0.29, 0.717) is 51.8 Å². The van der Waals surface area contributed by atoms with Crippen LogP contribution in [0, 0.1) is 49.4 Å². The van der Waals surface area contributed by atoms with Crippen LogP contribution in [0.4, 0.5) is 0 Å². The summed E-state index contributed by atoms with van der Waals surface area (Å²) in [7, 11) is 1.29. The van der Waals surface area contributed by atoms with Gasteiger partial charge < -0.3 is 29.7 Å². The molecule has 0 N–H and O–H groups in total. The van der Waals surface area contributed by atoms with Gasteiger partial charge in [0.05, 0.1) is 7.11 Å². The maximum absolute atomic E-state index is 14.3. The van der Waals surface area contributed by atoms with Crippen molar-refractivity contribution in [3.63, 3.8) is 0 Å². The van der Waals surface area contributed by atoms with Crippen LogP contribution >= 0.6 is 0 Å². The first-order valence-electron chi connectivity index (χ1n) is 23.6. The van der Waals surface area contributed by atoms with E-state index >= 15 is 0 Å². The van der Waals surface area contributed by atoms with Crippen molar-refractivity contribution >= 4 is 70.7 Å². The number of ketones is 1. The summed E-state index contributed by atoms with van der Waals surface area (Å²) in [6.45, 7) is 23.9. The summed E-state index contributed by atoms with van der Waals surface area (Å²) in [6.07, 6.45) is 22.3. The monoisotopic (exact) mass is 879 g/mol. The van der Waals surface area contributed by atoms with Crippen molar-refractivity contribution in [1.82, 2.24) is 15.0 Å². The van der Waals surface area contributed by atoms with Crippen molar-refractivity contribution in [2.24, 2.45) is 35.5 Å². The Bertz CT molecular complexity index is 2400. The van der Waals surface area contributed by atoms with Gasteiger partial charge in [0.1, 0.15) is 12.5 Å². The Morgan fingerprint density at radius 1 is 0.875 bits per heavy atom. The average molecular weight is 879 g/mol. The molecule has 0 amide bonds. The first-order valence-corrected chi connectivity index (χ1v) is 23.6. The van der Waals surface area contributed by atoms with Gasteiger partial charge in [-0.1, -0.05) is 151 Å². The van der Waals surface area contributed by atoms with Gasteiger partial charge in [0.15, 0.2) is 5.78 Å². The van der Waals surface area contributed by atoms with E-state index in [1.165, 1.54) is 57.6 Å². The Morgan fingerprint density at radius 3 is 2.20 bits per heavy atom. The predicted molar refractivity (Wildman–Crippen MR) is 260 cm³/mol. The Hall–Kier alpha value is -4.28. The fourth-order valence-corrected chi connectivity index (χ4v) is 9.80. The number of esters is 2. The zero-order chi connectivity index (χ0) is 45.5. The van der Waals surface area contributed by atoms with E-state index in [4.69, 9.17) is 29.7 Å². The molecule has 3 aromatic rings. The van der Waals surface area contributed by atoms with E-state index in [0.717, 1.165) is 69.9 Å². The molecule has 8 bridgehead atoms. The van der Waals surface area contributed by atoms with E-state index in [1.807, 2.05) is 37.3 Å². The number of rotatable bonds is 20. The second-order valence-electron chi connectivity index (χ2n) is 19.0. The standard InChI is InChI=1S/C54H71N4O5.Mg/c1-12-38-27-39-28-42-36(9)41(23-24-47(59)63-26-25-34(7)22-16-21-33(6)20-15-19-32(5)18-14-17-31(3)4)51(57-42)49-50(54(61)62-11)53(60)48-37(10)44(58-52(48)49)30-46-40(13-2)35(8)43(56-46)29-45(38)55-39;/h12,25,27-33,36,41,50H,1,13-24,26H2,2-11H3,(H-,57,58,60);/q-3;+2/p-1/b34-25+,42-28-,43-29-,46-30-;/t32-,33-,36+,41+,50-;/m1./s1. The summed E-state index contributed by atoms with van der Waals surface area (Å²) >= 11 is 0. The quantitative estimate of drug-likeness (QED) is 0.0475. The van der Waals surface area contributed by atoms with Crippen LogP contribution in [0.1, 0.15) is 174 Å². The molecular weight excluding hydrogens is 809 g/mol. The third-order valence-electron chi connectivity index (χ3n) is 13.8. The van der Waals surface area contributed by atoms with Crippen molar-refractivity contribution in [1.29, 1.82) is 0 Å². The number of methoxy groups -OCH3 is 1. The van der Waals surface area contributed by atoms with Crippen molar-refractivity contribution in [2.45, 2.75) is 139 Å². The Kier molecular flexibility index (Phi) is 18.0. The van der Waals surface area contributed by atoms with E-state index in [-0.39, 0.29) is 59.7 Å². The Balaban J connectivity index is 0.00000771. The molecule has 0 unspecified atom stereocenters. The molecule has 0 radical (unpaired) electrons. The van der Waals surface area contributed by atoms with E-state index in [2.05, 4.69) is 62.0 Å². The topological polar surface area (TPSA) is 126 Å². The summed E-state index contributed by atoms with van der Waals surface area (Å²) in [5, 5.41) is 6.79. The fourth-order valence-electron chi connectivity index (χ4n) is 9.80. The summed E-state index contributed by atoms with van der Waals surface area (Å²) in [5.74, 6) is -0.699. The van der Waals surface area contributed by atoms with Gasteiger partial charge in [0.2, 0.25) is 0 Å². The van der Waals surface area contributed by atoms with Crippen LogP contribution in [-0.4, -0.2) is 54.5 Å². The maximum atomic E-state index is 14.3. The maximum Gasteiger partial charge on any atom is 2.00 e. The minimum absolute atomic E-state index is 0. The second kappa shape index (κ2) is 22.8. The summed E-state index contributed by atoms with van der Waals surface area (Å²) < 4.78 is 11.0. The van der Waals surface area contributed by atoms with Crippen molar-refractivity contribution in [3.05, 3.63) is 102 Å². The van der Waals surface area contributed by atoms with Crippen molar-refractivity contribution < 1.29 is 23.9 Å². The van der Waals surface area contributed by atoms with Crippen molar-refractivity contribution in [2.75, 3.05) is 13.7 Å². The first-order chi connectivity index (χ1) is 30.1. The van der Waals surface area contributed by atoms with E-state index in [1.54, 1.807) is 6.08 Å². The molecule has 1 aliphatic carbocycles. The number of aromatic nitrogens is 3. The van der Waals surface area contributed by atoms with E-state index in [9.17, 15) is 14.4 Å². The zero-order valence-electron chi connectivity index (χ0n) is 40.4. The van der Waals surface area contributed by atoms with Crippen molar-refractivity contribution in [3.8, 4) is 0 Å². The smallest absolute Gasteiger partial charge is 0.664 e. The molecule has 1 fully saturated rings. The molecule has 3 aliphatic rings. The van der Waals surface area contributed by atoms with Gasteiger partial charge >= 0.3 is 35.0 Å². The summed E-state index contributed by atoms with van der Waals surface area (Å²) in [5.41, 5.74) is 9.61. The van der Waals surface area contributed by atoms with E-state index < -0.39 is 11.9 Å². The van der Waals surface area contributed by atoms with Gasteiger partial charge in [0.25, 0.3) is 0 Å². The number of ether oxygens (including phenoxy) is 2. The molecule has 2 aliphatic heterocycles. The number of hydrogen-bond acceptors (Lipinski definition) is 5. The molecule has 64 heavy (non-hydrogen) atoms. The number of hydrogen-bond donors (Lipinski definition) is 0. The van der Waals surface area contributed by atoms with Gasteiger partial charge in [0, 0.05) is 12.0 Å². The summed E-state index contributed by atoms with van der Waals surface area (Å²) in [4.78, 5) is 56.3. The molecule has 340 valence electrons. The number of fused-ring (bicyclic) bond motifs is 7. The van der Waals surface area contributed by atoms with Crippen LogP contribution in [0.25, 0.3) is 35.2 Å². The molecule has 0 spiro atoms. The number of carbonyl (C=O) groups excluding carboxylic acids is 3. The molecule has 9 nitrogen and oxygen atoms in total. The molecule has 0 aromatic carbocycles. The van der Waals surface area contributed by atoms with Crippen LogP contribution in [0.2, 0.25) is 0 Å². The molecule has 5 heterocycles. The van der Waals surface area contributed by atoms with Gasteiger partial charge in [-0.15, -0.1) is 33.5 Å². The molecule has 5 atom stereocenters. The van der Waals surface area contributed by atoms with Gasteiger partial charge in [-0.05, 0) is 87.7 Å². The number of carbonyl (C=O) groups is 3. The normalized spacial score (nSPS) is 21.8. The predicted octanol–water partition coefficient (Wildman–Crippen LogP) is 10.1. The zero-order valence-corrected chi connectivity index (χ0v) is 41.8. The molecule has 6 rings (SSSR count). The number of Topliss-reactive ketones (excluding diaryl/α,β-unsaturated/α-hetero) is 1. The molecular formula is C54H70MgN4O5-2. The van der Waals surface area contributed by atoms with Gasteiger partial charge in [-0.2, -0.15) is 11.4 Å². The van der Waals surface area contributed by atoms with Gasteiger partial charge in [-0.3, -0.25) is 14.4 Å². The second-order valence-corrected chi connectivity index (χ2v) is 19.0. The summed E-state index contributed by atoms with van der Waals surface area (Å²) in [6, 6.07) is 1.98. The number of allylic oxidation sites excluding steroid dienone is 3. The van der Waals surface area contributed by atoms with Crippen LogP contribution in [-0.2, 0) is 25.5 Å². The van der Waals surface area contributed by atoms with Crippen LogP contribution in [0.5, 0.6) is 0 Å². The van der Waals surface area contributed by atoms with Gasteiger partial charge in [-0.25, -0.2) is 0 Å². The van der Waals surface area contributed by atoms with Crippen LogP contribution < -0.4 is 25.7 Å². The Labute approximate surface area is 398 Å². The molecule has 3 aromatic heterocycles. The minimum Gasteiger partial charge on any atom is -0.664 e. The fraction of sp³-hybridized carbons (Fsp3) is 0.537. The SMILES string of the molecule is C=Cc1cc2[n-]c1/C=c1\[n-]/c(c(CC)c1C)=C\c1[n-]c3c(c1C)C(=O)[C@H](C(=O)OC)/C3=C1/[N-]/C(=C\2)[C@@H](C)[C@@H]1CCC(=O)OC/C=C(\C)CCC[C@H](C)CCC[C@H](C)CCCC(C)C.[Mg+2]. The van der Waals surface area contributed by atoms with Crippen LogP contribution in [0.15, 0.2) is 35.7 Å². The molecule has 1 saturated heterocycles. The van der Waals surface area contributed by atoms with Crippen LogP contribution in [0.3, 0.4) is 0 Å². The first kappa shape index (κ1) is 50.7. The number of nitrogens with zero attached hydrogens (tertiary/aromatic N) is 4. The largest absolute Gasteiger partial charge is 2.00 e. The average Bonchev–Trinajstić information content (AvgIpc) is 4.01. The molecule has 0 saturated carbocycles. The minimum atomic E-state index is -1.22.